The van der Waals surface area contributed by atoms with Crippen molar-refractivity contribution in [1.82, 2.24) is 4.31 Å². The minimum atomic E-state index is -3.74. The van der Waals surface area contributed by atoms with Crippen LogP contribution < -0.4 is 0 Å². The minimum absolute atomic E-state index is 0.0262. The average Bonchev–Trinajstić information content (AvgIpc) is 2.74. The van der Waals surface area contributed by atoms with Gasteiger partial charge in [0.2, 0.25) is 10.0 Å². The second kappa shape index (κ2) is 10.2. The Balaban J connectivity index is 1.81. The first-order valence-corrected chi connectivity index (χ1v) is 12.0. The summed E-state index contributed by atoms with van der Waals surface area (Å²) in [5, 5.41) is 9.23. The number of carbonyl (C=O) groups excluding carboxylic acids is 1. The van der Waals surface area contributed by atoms with Gasteiger partial charge in [-0.2, -0.15) is 4.31 Å². The Morgan fingerprint density at radius 1 is 0.935 bits per heavy atom. The van der Waals surface area contributed by atoms with Crippen molar-refractivity contribution in [1.29, 1.82) is 0 Å². The van der Waals surface area contributed by atoms with E-state index in [4.69, 9.17) is 0 Å². The fourth-order valence-electron chi connectivity index (χ4n) is 4.13. The van der Waals surface area contributed by atoms with E-state index in [0.717, 1.165) is 11.1 Å². The predicted octanol–water partition coefficient (Wildman–Crippen LogP) is 3.90. The monoisotopic (exact) mass is 443 g/mol. The lowest BCUT2D eigenvalue weighted by molar-refractivity contribution is -0.143. The first-order chi connectivity index (χ1) is 14.8. The van der Waals surface area contributed by atoms with Crippen LogP contribution in [0.1, 0.15) is 43.7 Å². The third-order valence-electron chi connectivity index (χ3n) is 5.87. The molecule has 2 aromatic rings. The Bertz CT molecular complexity index is 994. The Kier molecular flexibility index (Phi) is 7.62. The van der Waals surface area contributed by atoms with Crippen LogP contribution in [0.5, 0.6) is 0 Å². The Labute approximate surface area is 183 Å². The Morgan fingerprint density at radius 2 is 1.55 bits per heavy atom. The van der Waals surface area contributed by atoms with Gasteiger partial charge in [0.15, 0.2) is 0 Å². The summed E-state index contributed by atoms with van der Waals surface area (Å²) in [4.78, 5) is 22.8. The van der Waals surface area contributed by atoms with E-state index in [0.29, 0.717) is 32.2 Å². The van der Waals surface area contributed by atoms with E-state index >= 15 is 0 Å². The molecule has 166 valence electrons. The summed E-state index contributed by atoms with van der Waals surface area (Å²) in [5.41, 5.74) is 1.69. The van der Waals surface area contributed by atoms with Crippen LogP contribution in [0, 0.1) is 11.8 Å². The van der Waals surface area contributed by atoms with Gasteiger partial charge in [0.25, 0.3) is 0 Å². The molecular weight excluding hydrogens is 414 g/mol. The highest BCUT2D eigenvalue weighted by Gasteiger charge is 2.31. The second-order valence-corrected chi connectivity index (χ2v) is 10.3. The number of hydrogen-bond donors (Lipinski definition) is 1. The van der Waals surface area contributed by atoms with Crippen molar-refractivity contribution in [2.75, 3.05) is 6.54 Å². The lowest BCUT2D eigenvalue weighted by Crippen LogP contribution is -2.36. The fraction of sp³-hybridized carbons (Fsp3) is 0.417. The van der Waals surface area contributed by atoms with Gasteiger partial charge < -0.3 is 5.11 Å². The number of benzene rings is 2. The highest BCUT2D eigenvalue weighted by molar-refractivity contribution is 7.89. The molecule has 1 aliphatic carbocycles. The van der Waals surface area contributed by atoms with E-state index in [1.807, 2.05) is 30.3 Å². The van der Waals surface area contributed by atoms with Crippen molar-refractivity contribution in [3.63, 3.8) is 0 Å². The molecule has 0 radical (unpaired) electrons. The molecule has 0 unspecified atom stereocenters. The molecule has 3 rings (SSSR count). The zero-order valence-corrected chi connectivity index (χ0v) is 18.6. The van der Waals surface area contributed by atoms with Gasteiger partial charge in [-0.05, 0) is 61.8 Å². The molecule has 0 saturated heterocycles. The predicted molar refractivity (Wildman–Crippen MR) is 118 cm³/mol. The van der Waals surface area contributed by atoms with E-state index in [2.05, 4.69) is 0 Å². The molecular formula is C24H29NO5S. The van der Waals surface area contributed by atoms with Crippen LogP contribution in [-0.4, -0.2) is 36.1 Å². The average molecular weight is 444 g/mol. The van der Waals surface area contributed by atoms with Gasteiger partial charge in [-0.3, -0.25) is 9.59 Å². The van der Waals surface area contributed by atoms with Gasteiger partial charge in [0.1, 0.15) is 5.78 Å². The summed E-state index contributed by atoms with van der Waals surface area (Å²) in [6, 6.07) is 16.0. The SMILES string of the molecule is CC(=O)Cc1ccc(S(=O)(=O)N(Cc2ccccc2)CC2CCC(C(=O)O)CC2)cc1. The van der Waals surface area contributed by atoms with E-state index < -0.39 is 16.0 Å². The summed E-state index contributed by atoms with van der Waals surface area (Å²) in [5.74, 6) is -0.938. The third kappa shape index (κ3) is 6.24. The maximum Gasteiger partial charge on any atom is 0.306 e. The molecule has 0 amide bonds. The highest BCUT2D eigenvalue weighted by atomic mass is 32.2. The molecule has 1 N–H and O–H groups in total. The van der Waals surface area contributed by atoms with Crippen LogP contribution in [0.3, 0.4) is 0 Å². The van der Waals surface area contributed by atoms with Crippen LogP contribution >= 0.6 is 0 Å². The standard InChI is InChI=1S/C24H29NO5S/c1-18(26)15-19-9-13-23(14-10-19)31(29,30)25(16-20-5-3-2-4-6-20)17-21-7-11-22(12-8-21)24(27)28/h2-6,9-10,13-14,21-22H,7-8,11-12,15-17H2,1H3,(H,27,28). The number of carboxylic acids is 1. The van der Waals surface area contributed by atoms with Crippen LogP contribution in [0.4, 0.5) is 0 Å². The zero-order valence-electron chi connectivity index (χ0n) is 17.7. The molecule has 0 atom stereocenters. The molecule has 0 heterocycles. The highest BCUT2D eigenvalue weighted by Crippen LogP contribution is 2.31. The molecule has 1 fully saturated rings. The Hall–Kier alpha value is -2.51. The molecule has 0 aromatic heterocycles. The smallest absolute Gasteiger partial charge is 0.306 e. The summed E-state index contributed by atoms with van der Waals surface area (Å²) in [6.07, 6.45) is 2.85. The maximum absolute atomic E-state index is 13.5. The summed E-state index contributed by atoms with van der Waals surface area (Å²) in [6.45, 7) is 2.13. The number of rotatable bonds is 9. The van der Waals surface area contributed by atoms with Gasteiger partial charge in [-0.25, -0.2) is 8.42 Å². The lowest BCUT2D eigenvalue weighted by Gasteiger charge is -2.31. The number of nitrogens with zero attached hydrogens (tertiary/aromatic N) is 1. The fourth-order valence-corrected chi connectivity index (χ4v) is 5.63. The number of sulfonamides is 1. The van der Waals surface area contributed by atoms with Crippen molar-refractivity contribution in [2.24, 2.45) is 11.8 Å². The summed E-state index contributed by atoms with van der Waals surface area (Å²) >= 11 is 0. The molecule has 0 bridgehead atoms. The van der Waals surface area contributed by atoms with Gasteiger partial charge in [0, 0.05) is 19.5 Å². The number of aliphatic carboxylic acids is 1. The van der Waals surface area contributed by atoms with E-state index in [-0.39, 0.29) is 35.5 Å². The van der Waals surface area contributed by atoms with Gasteiger partial charge in [0.05, 0.1) is 10.8 Å². The number of hydrogen-bond acceptors (Lipinski definition) is 4. The Morgan fingerprint density at radius 3 is 2.10 bits per heavy atom. The lowest BCUT2D eigenvalue weighted by atomic mass is 9.82. The maximum atomic E-state index is 13.5. The quantitative estimate of drug-likeness (QED) is 0.635. The first-order valence-electron chi connectivity index (χ1n) is 10.6. The van der Waals surface area contributed by atoms with E-state index in [1.165, 1.54) is 11.2 Å². The zero-order chi connectivity index (χ0) is 22.4. The molecule has 0 aliphatic heterocycles. The molecule has 0 spiro atoms. The molecule has 1 saturated carbocycles. The van der Waals surface area contributed by atoms with Gasteiger partial charge in [-0.15, -0.1) is 0 Å². The van der Waals surface area contributed by atoms with Crippen LogP contribution in [0.2, 0.25) is 0 Å². The van der Waals surface area contributed by atoms with Crippen LogP contribution in [0.15, 0.2) is 59.5 Å². The molecule has 7 heteroatoms. The molecule has 2 aromatic carbocycles. The molecule has 1 aliphatic rings. The van der Waals surface area contributed by atoms with E-state index in [1.54, 1.807) is 24.3 Å². The van der Waals surface area contributed by atoms with Crippen LogP contribution in [0.25, 0.3) is 0 Å². The summed E-state index contributed by atoms with van der Waals surface area (Å²) < 4.78 is 28.5. The van der Waals surface area contributed by atoms with E-state index in [9.17, 15) is 23.1 Å². The largest absolute Gasteiger partial charge is 0.481 e. The summed E-state index contributed by atoms with van der Waals surface area (Å²) in [7, 11) is -3.74. The van der Waals surface area contributed by atoms with Gasteiger partial charge >= 0.3 is 5.97 Å². The van der Waals surface area contributed by atoms with Gasteiger partial charge in [-0.1, -0.05) is 42.5 Å². The van der Waals surface area contributed by atoms with Crippen molar-refractivity contribution >= 4 is 21.8 Å². The van der Waals surface area contributed by atoms with Crippen LogP contribution in [-0.2, 0) is 32.6 Å². The third-order valence-corrected chi connectivity index (χ3v) is 7.70. The van der Waals surface area contributed by atoms with Crippen molar-refractivity contribution in [2.45, 2.75) is 50.5 Å². The second-order valence-electron chi connectivity index (χ2n) is 8.36. The number of Topliss-reactive ketones (excluding diaryl/α,β-unsaturated/α-hetero) is 1. The molecule has 31 heavy (non-hydrogen) atoms. The molecule has 6 nitrogen and oxygen atoms in total. The number of ketones is 1. The topological polar surface area (TPSA) is 91.8 Å². The normalized spacial score (nSPS) is 19.3. The van der Waals surface area contributed by atoms with Crippen molar-refractivity contribution < 1.29 is 23.1 Å². The number of carbonyl (C=O) groups is 2. The number of carboxylic acid groups (broad SMARTS) is 1. The van der Waals surface area contributed by atoms with Crippen molar-refractivity contribution in [3.05, 3.63) is 65.7 Å². The first kappa shape index (κ1) is 23.2. The van der Waals surface area contributed by atoms with Crippen molar-refractivity contribution in [3.8, 4) is 0 Å². The minimum Gasteiger partial charge on any atom is -0.481 e.